The lowest BCUT2D eigenvalue weighted by molar-refractivity contribution is 0.112. The molecule has 2 aromatic carbocycles. The summed E-state index contributed by atoms with van der Waals surface area (Å²) in [6.07, 6.45) is 0.453. The van der Waals surface area contributed by atoms with E-state index in [0.29, 0.717) is 10.8 Å². The topological polar surface area (TPSA) is 26.3 Å². The normalized spacial score (nSPS) is 10.2. The van der Waals surface area contributed by atoms with Crippen LogP contribution in [0.25, 0.3) is 0 Å². The van der Waals surface area contributed by atoms with Gasteiger partial charge in [0.2, 0.25) is 0 Å². The molecule has 0 fully saturated rings. The minimum absolute atomic E-state index is 0.0226. The van der Waals surface area contributed by atoms with E-state index in [0.717, 1.165) is 12.1 Å². The number of carbonyl (C=O) groups is 1. The minimum Gasteiger partial charge on any atom is -0.453 e. The van der Waals surface area contributed by atoms with Gasteiger partial charge < -0.3 is 4.74 Å². The van der Waals surface area contributed by atoms with Crippen molar-refractivity contribution in [3.63, 3.8) is 0 Å². The van der Waals surface area contributed by atoms with Crippen molar-refractivity contribution < 1.29 is 18.3 Å². The Hall–Kier alpha value is -1.75. The Balaban J connectivity index is 2.39. The van der Waals surface area contributed by atoms with Crippen molar-refractivity contribution in [2.75, 3.05) is 0 Å². The van der Waals surface area contributed by atoms with E-state index in [1.54, 1.807) is 0 Å². The second-order valence-corrected chi connectivity index (χ2v) is 4.39. The first kappa shape index (κ1) is 12.7. The first-order valence-corrected chi connectivity index (χ1v) is 5.77. The lowest BCUT2D eigenvalue weighted by atomic mass is 10.2. The van der Waals surface area contributed by atoms with E-state index in [4.69, 9.17) is 4.74 Å². The molecule has 0 saturated carbocycles. The Bertz CT molecular complexity index is 600. The van der Waals surface area contributed by atoms with Crippen LogP contribution in [0, 0.1) is 11.6 Å². The zero-order valence-electron chi connectivity index (χ0n) is 8.99. The zero-order valence-corrected chi connectivity index (χ0v) is 10.6. The summed E-state index contributed by atoms with van der Waals surface area (Å²) in [5, 5.41) is 0. The fourth-order valence-corrected chi connectivity index (χ4v) is 1.72. The van der Waals surface area contributed by atoms with Crippen LogP contribution in [0.3, 0.4) is 0 Å². The standard InChI is InChI=1S/C13H7BrF2O2/c14-9-1-3-11(16)13(6-9)18-12-4-2-10(15)5-8(12)7-17/h1-7H. The average Bonchev–Trinajstić information content (AvgIpc) is 2.36. The van der Waals surface area contributed by atoms with Crippen molar-refractivity contribution in [1.82, 2.24) is 0 Å². The lowest BCUT2D eigenvalue weighted by Crippen LogP contribution is -1.93. The molecule has 0 aliphatic carbocycles. The van der Waals surface area contributed by atoms with Gasteiger partial charge in [-0.3, -0.25) is 4.79 Å². The summed E-state index contributed by atoms with van der Waals surface area (Å²) in [5.74, 6) is -1.07. The number of ether oxygens (including phenoxy) is 1. The molecule has 0 atom stereocenters. The second-order valence-electron chi connectivity index (χ2n) is 3.48. The van der Waals surface area contributed by atoms with Crippen LogP contribution in [-0.2, 0) is 0 Å². The molecule has 0 spiro atoms. The van der Waals surface area contributed by atoms with E-state index in [9.17, 15) is 13.6 Å². The van der Waals surface area contributed by atoms with E-state index in [1.807, 2.05) is 0 Å². The van der Waals surface area contributed by atoms with Crippen LogP contribution in [0.4, 0.5) is 8.78 Å². The lowest BCUT2D eigenvalue weighted by Gasteiger charge is -2.09. The first-order valence-electron chi connectivity index (χ1n) is 4.98. The summed E-state index contributed by atoms with van der Waals surface area (Å²) < 4.78 is 32.3. The van der Waals surface area contributed by atoms with E-state index in [-0.39, 0.29) is 17.1 Å². The van der Waals surface area contributed by atoms with Crippen LogP contribution in [0.15, 0.2) is 40.9 Å². The molecule has 0 amide bonds. The maximum absolute atomic E-state index is 13.5. The number of carbonyl (C=O) groups excluding carboxylic acids is 1. The molecule has 0 heterocycles. The molecule has 0 aliphatic heterocycles. The first-order chi connectivity index (χ1) is 8.60. The van der Waals surface area contributed by atoms with Crippen LogP contribution >= 0.6 is 15.9 Å². The van der Waals surface area contributed by atoms with E-state index >= 15 is 0 Å². The second kappa shape index (κ2) is 5.27. The number of aldehydes is 1. The predicted molar refractivity (Wildman–Crippen MR) is 66.0 cm³/mol. The Morgan fingerprint density at radius 3 is 2.56 bits per heavy atom. The van der Waals surface area contributed by atoms with E-state index in [1.165, 1.54) is 24.3 Å². The Kier molecular flexibility index (Phi) is 3.72. The number of benzene rings is 2. The summed E-state index contributed by atoms with van der Waals surface area (Å²) in [6, 6.07) is 7.61. The molecule has 2 aromatic rings. The Labute approximate surface area is 110 Å². The van der Waals surface area contributed by atoms with Crippen LogP contribution < -0.4 is 4.74 Å². The highest BCUT2D eigenvalue weighted by atomic mass is 79.9. The third-order valence-electron chi connectivity index (χ3n) is 2.21. The summed E-state index contributed by atoms with van der Waals surface area (Å²) in [6.45, 7) is 0. The van der Waals surface area contributed by atoms with Crippen molar-refractivity contribution in [1.29, 1.82) is 0 Å². The molecule has 5 heteroatoms. The highest BCUT2D eigenvalue weighted by Crippen LogP contribution is 2.29. The molecule has 0 aromatic heterocycles. The fraction of sp³-hybridized carbons (Fsp3) is 0. The van der Waals surface area contributed by atoms with Crippen molar-refractivity contribution >= 4 is 22.2 Å². The van der Waals surface area contributed by atoms with Crippen LogP contribution in [0.1, 0.15) is 10.4 Å². The fourth-order valence-electron chi connectivity index (χ4n) is 1.38. The van der Waals surface area contributed by atoms with E-state index < -0.39 is 11.6 Å². The molecule has 18 heavy (non-hydrogen) atoms. The maximum Gasteiger partial charge on any atom is 0.165 e. The van der Waals surface area contributed by atoms with Gasteiger partial charge in [0.05, 0.1) is 5.56 Å². The summed E-state index contributed by atoms with van der Waals surface area (Å²) in [7, 11) is 0. The van der Waals surface area contributed by atoms with Gasteiger partial charge in [0.25, 0.3) is 0 Å². The monoisotopic (exact) mass is 312 g/mol. The number of halogens is 3. The molecular weight excluding hydrogens is 306 g/mol. The zero-order chi connectivity index (χ0) is 13.1. The van der Waals surface area contributed by atoms with Gasteiger partial charge in [0.15, 0.2) is 17.9 Å². The van der Waals surface area contributed by atoms with Gasteiger partial charge >= 0.3 is 0 Å². The molecule has 0 radical (unpaired) electrons. The quantitative estimate of drug-likeness (QED) is 0.788. The molecule has 2 rings (SSSR count). The average molecular weight is 313 g/mol. The van der Waals surface area contributed by atoms with Gasteiger partial charge in [0, 0.05) is 4.47 Å². The third-order valence-corrected chi connectivity index (χ3v) is 2.71. The summed E-state index contributed by atoms with van der Waals surface area (Å²) in [4.78, 5) is 10.8. The summed E-state index contributed by atoms with van der Waals surface area (Å²) >= 11 is 3.18. The van der Waals surface area contributed by atoms with Crippen molar-refractivity contribution in [3.8, 4) is 11.5 Å². The molecule has 0 aliphatic rings. The molecule has 0 saturated heterocycles. The number of rotatable bonds is 3. The van der Waals surface area contributed by atoms with Gasteiger partial charge in [-0.2, -0.15) is 0 Å². The van der Waals surface area contributed by atoms with Crippen molar-refractivity contribution in [3.05, 3.63) is 58.1 Å². The van der Waals surface area contributed by atoms with Crippen LogP contribution in [0.5, 0.6) is 11.5 Å². The van der Waals surface area contributed by atoms with Crippen molar-refractivity contribution in [2.45, 2.75) is 0 Å². The highest BCUT2D eigenvalue weighted by molar-refractivity contribution is 9.10. The highest BCUT2D eigenvalue weighted by Gasteiger charge is 2.09. The van der Waals surface area contributed by atoms with E-state index in [2.05, 4.69) is 15.9 Å². The Morgan fingerprint density at radius 1 is 1.06 bits per heavy atom. The number of hydrogen-bond acceptors (Lipinski definition) is 2. The smallest absolute Gasteiger partial charge is 0.165 e. The minimum atomic E-state index is -0.570. The number of hydrogen-bond donors (Lipinski definition) is 0. The predicted octanol–water partition coefficient (Wildman–Crippen LogP) is 4.33. The molecule has 0 unspecified atom stereocenters. The van der Waals surface area contributed by atoms with Gasteiger partial charge in [-0.25, -0.2) is 8.78 Å². The SMILES string of the molecule is O=Cc1cc(F)ccc1Oc1cc(Br)ccc1F. The van der Waals surface area contributed by atoms with Gasteiger partial charge in [-0.15, -0.1) is 0 Å². The molecular formula is C13H7BrF2O2. The van der Waals surface area contributed by atoms with Crippen LogP contribution in [0.2, 0.25) is 0 Å². The van der Waals surface area contributed by atoms with Gasteiger partial charge in [-0.05, 0) is 36.4 Å². The molecule has 2 nitrogen and oxygen atoms in total. The maximum atomic E-state index is 13.5. The van der Waals surface area contributed by atoms with Gasteiger partial charge in [0.1, 0.15) is 11.6 Å². The summed E-state index contributed by atoms with van der Waals surface area (Å²) in [5.41, 5.74) is 0.0226. The molecule has 92 valence electrons. The largest absolute Gasteiger partial charge is 0.453 e. The van der Waals surface area contributed by atoms with Crippen molar-refractivity contribution in [2.24, 2.45) is 0 Å². The van der Waals surface area contributed by atoms with Gasteiger partial charge in [-0.1, -0.05) is 15.9 Å². The molecule has 0 N–H and O–H groups in total. The van der Waals surface area contributed by atoms with Crippen LogP contribution in [-0.4, -0.2) is 6.29 Å². The Morgan fingerprint density at radius 2 is 1.83 bits per heavy atom. The third kappa shape index (κ3) is 2.73. The molecule has 0 bridgehead atoms.